The summed E-state index contributed by atoms with van der Waals surface area (Å²) >= 11 is 12.9. The Morgan fingerprint density at radius 3 is 2.25 bits per heavy atom. The predicted molar refractivity (Wildman–Crippen MR) is 189 cm³/mol. The lowest BCUT2D eigenvalue weighted by atomic mass is 9.81. The van der Waals surface area contributed by atoms with Crippen molar-refractivity contribution >= 4 is 33.2 Å². The third kappa shape index (κ3) is 8.76. The van der Waals surface area contributed by atoms with Crippen LogP contribution in [0.15, 0.2) is 65.7 Å². The average Bonchev–Trinajstić information content (AvgIpc) is 3.45. The van der Waals surface area contributed by atoms with Gasteiger partial charge in [0.25, 0.3) is 0 Å². The van der Waals surface area contributed by atoms with Gasteiger partial charge in [-0.3, -0.25) is 4.57 Å². The molecule has 0 aliphatic carbocycles. The van der Waals surface area contributed by atoms with Gasteiger partial charge in [0, 0.05) is 47.9 Å². The van der Waals surface area contributed by atoms with E-state index in [-0.39, 0.29) is 34.1 Å². The molecule has 0 radical (unpaired) electrons. The Kier molecular flexibility index (Phi) is 12.0. The van der Waals surface area contributed by atoms with Crippen molar-refractivity contribution < 1.29 is 26.4 Å². The first-order chi connectivity index (χ1) is 22.5. The molecular formula is C36H45Cl2F2N4O3S+. The summed E-state index contributed by atoms with van der Waals surface area (Å²) in [5.74, 6) is 0.0551. The maximum atomic E-state index is 15.6. The number of halogens is 4. The number of benzene rings is 3. The molecule has 260 valence electrons. The zero-order chi connectivity index (χ0) is 35.4. The summed E-state index contributed by atoms with van der Waals surface area (Å²) in [6.07, 6.45) is 4.76. The number of rotatable bonds is 15. The van der Waals surface area contributed by atoms with E-state index in [4.69, 9.17) is 32.9 Å². The highest BCUT2D eigenvalue weighted by Gasteiger charge is 2.31. The van der Waals surface area contributed by atoms with Crippen LogP contribution in [0, 0.1) is 11.6 Å². The first kappa shape index (κ1) is 37.8. The number of nitrogens with zero attached hydrogens (tertiary/aromatic N) is 4. The average molecular weight is 723 g/mol. The molecule has 0 bridgehead atoms. The van der Waals surface area contributed by atoms with Gasteiger partial charge in [-0.2, -0.15) is 0 Å². The zero-order valence-corrected chi connectivity index (χ0v) is 31.0. The number of hydrogen-bond acceptors (Lipinski definition) is 4. The summed E-state index contributed by atoms with van der Waals surface area (Å²) in [5, 5.41) is 0.513. The fourth-order valence-corrected chi connectivity index (χ4v) is 7.49. The van der Waals surface area contributed by atoms with Crippen molar-refractivity contribution in [3.05, 3.63) is 105 Å². The van der Waals surface area contributed by atoms with Crippen LogP contribution < -0.4 is 4.74 Å². The van der Waals surface area contributed by atoms with Crippen LogP contribution in [-0.4, -0.2) is 75.1 Å². The van der Waals surface area contributed by atoms with E-state index in [1.165, 1.54) is 29.6 Å². The van der Waals surface area contributed by atoms with E-state index >= 15 is 4.39 Å². The van der Waals surface area contributed by atoms with Crippen LogP contribution in [0.2, 0.25) is 10.0 Å². The van der Waals surface area contributed by atoms with E-state index in [0.717, 1.165) is 41.2 Å². The van der Waals surface area contributed by atoms with Crippen LogP contribution in [-0.2, 0) is 28.3 Å². The van der Waals surface area contributed by atoms with E-state index in [9.17, 15) is 12.8 Å². The van der Waals surface area contributed by atoms with Crippen molar-refractivity contribution in [1.29, 1.82) is 0 Å². The van der Waals surface area contributed by atoms with Crippen LogP contribution in [0.1, 0.15) is 55.8 Å². The zero-order valence-electron chi connectivity index (χ0n) is 28.7. The molecule has 0 N–H and O–H groups in total. The Balaban J connectivity index is 1.59. The lowest BCUT2D eigenvalue weighted by Crippen LogP contribution is -2.35. The lowest BCUT2D eigenvalue weighted by Gasteiger charge is -2.28. The van der Waals surface area contributed by atoms with Gasteiger partial charge in [-0.15, -0.1) is 0 Å². The van der Waals surface area contributed by atoms with Gasteiger partial charge in [0.2, 0.25) is 10.0 Å². The van der Waals surface area contributed by atoms with Crippen molar-refractivity contribution in [2.75, 3.05) is 48.4 Å². The van der Waals surface area contributed by atoms with Gasteiger partial charge in [-0.1, -0.05) is 43.1 Å². The minimum Gasteiger partial charge on any atom is -0.495 e. The summed E-state index contributed by atoms with van der Waals surface area (Å²) in [4.78, 5) is 4.54. The van der Waals surface area contributed by atoms with Gasteiger partial charge in [0.1, 0.15) is 23.2 Å². The van der Waals surface area contributed by atoms with E-state index in [1.807, 2.05) is 30.5 Å². The molecule has 12 heteroatoms. The molecule has 0 amide bonds. The van der Waals surface area contributed by atoms with E-state index in [0.29, 0.717) is 35.2 Å². The third-order valence-corrected chi connectivity index (χ3v) is 11.1. The molecule has 7 nitrogen and oxygen atoms in total. The number of aromatic nitrogens is 2. The molecule has 0 atom stereocenters. The van der Waals surface area contributed by atoms with Crippen LogP contribution >= 0.6 is 23.2 Å². The van der Waals surface area contributed by atoms with Crippen LogP contribution in [0.4, 0.5) is 8.78 Å². The van der Waals surface area contributed by atoms with Gasteiger partial charge in [-0.05, 0) is 79.8 Å². The highest BCUT2D eigenvalue weighted by atomic mass is 35.5. The predicted octanol–water partition coefficient (Wildman–Crippen LogP) is 8.07. The van der Waals surface area contributed by atoms with Crippen LogP contribution in [0.25, 0.3) is 5.69 Å². The molecule has 0 spiro atoms. The number of ether oxygens (including phenoxy) is 1. The molecule has 3 aromatic carbocycles. The molecule has 0 fully saturated rings. The fourth-order valence-electron chi connectivity index (χ4n) is 5.68. The largest absolute Gasteiger partial charge is 0.495 e. The molecule has 4 rings (SSSR count). The third-order valence-electron chi connectivity index (χ3n) is 8.66. The van der Waals surface area contributed by atoms with Gasteiger partial charge >= 0.3 is 0 Å². The summed E-state index contributed by atoms with van der Waals surface area (Å²) in [5.41, 5.74) is 1.99. The van der Waals surface area contributed by atoms with Gasteiger partial charge in [0.15, 0.2) is 0 Å². The van der Waals surface area contributed by atoms with Crippen molar-refractivity contribution in [2.24, 2.45) is 0 Å². The molecule has 0 aliphatic rings. The lowest BCUT2D eigenvalue weighted by molar-refractivity contribution is -0.870. The quantitative estimate of drug-likeness (QED) is 0.0920. The van der Waals surface area contributed by atoms with Gasteiger partial charge in [-0.25, -0.2) is 26.5 Å². The monoisotopic (exact) mass is 721 g/mol. The number of aryl methyl sites for hydroxylation is 1. The number of methoxy groups -OCH3 is 1. The number of quaternary nitrogens is 1. The van der Waals surface area contributed by atoms with Crippen molar-refractivity contribution in [3.63, 3.8) is 0 Å². The van der Waals surface area contributed by atoms with Crippen LogP contribution in [0.5, 0.6) is 5.75 Å². The Labute approximate surface area is 293 Å². The fraction of sp³-hybridized carbons (Fsp3) is 0.417. The minimum atomic E-state index is -3.94. The van der Waals surface area contributed by atoms with Crippen molar-refractivity contribution in [2.45, 2.75) is 56.3 Å². The molecule has 0 saturated carbocycles. The molecular weight excluding hydrogens is 677 g/mol. The molecule has 0 saturated heterocycles. The summed E-state index contributed by atoms with van der Waals surface area (Å²) in [6, 6.07) is 14.0. The Morgan fingerprint density at radius 1 is 0.938 bits per heavy atom. The maximum Gasteiger partial charge on any atom is 0.242 e. The molecule has 1 heterocycles. The molecule has 0 aliphatic heterocycles. The summed E-state index contributed by atoms with van der Waals surface area (Å²) < 4.78 is 65.6. The van der Waals surface area contributed by atoms with Crippen molar-refractivity contribution in [1.82, 2.24) is 13.9 Å². The van der Waals surface area contributed by atoms with E-state index in [1.54, 1.807) is 31.5 Å². The molecule has 4 aromatic rings. The molecule has 48 heavy (non-hydrogen) atoms. The molecule has 0 unspecified atom stereocenters. The van der Waals surface area contributed by atoms with E-state index in [2.05, 4.69) is 21.1 Å². The van der Waals surface area contributed by atoms with Gasteiger partial charge in [0.05, 0.1) is 50.4 Å². The van der Waals surface area contributed by atoms with E-state index < -0.39 is 21.3 Å². The van der Waals surface area contributed by atoms with Gasteiger partial charge < -0.3 is 9.22 Å². The second kappa shape index (κ2) is 15.3. The Hall–Kier alpha value is -3.02. The van der Waals surface area contributed by atoms with Crippen LogP contribution in [0.3, 0.4) is 0 Å². The second-order valence-electron chi connectivity index (χ2n) is 13.6. The number of sulfonamides is 1. The smallest absolute Gasteiger partial charge is 0.242 e. The SMILES string of the molecule is COc1cc(C(C)(C)c2cnc(CCc3c(F)cc(S(=O)(=O)N(C)CCCCC[N+](C)(C)C)cc3Cl)n2-c2ccc(F)cc2)ccc1Cl. The first-order valence-corrected chi connectivity index (χ1v) is 18.1. The normalized spacial score (nSPS) is 12.6. The highest BCUT2D eigenvalue weighted by molar-refractivity contribution is 7.89. The standard InChI is InChI=1S/C36H45Cl2F2N4O3S/c1-36(2,25-11-17-30(37)33(21-25)47-7)34-24-41-35(43(34)27-14-12-26(39)13-15-27)18-16-29-31(38)22-28(23-32(29)40)48(45,46)42(3)19-9-8-10-20-44(4,5)6/h11-15,17,21-24H,8-10,16,18-20H2,1-7H3/q+1. The van der Waals surface area contributed by atoms with Crippen molar-refractivity contribution in [3.8, 4) is 11.4 Å². The second-order valence-corrected chi connectivity index (χ2v) is 16.5. The topological polar surface area (TPSA) is 64.4 Å². The number of hydrogen-bond donors (Lipinski definition) is 0. The number of unbranched alkanes of at least 4 members (excludes halogenated alkanes) is 2. The summed E-state index contributed by atoms with van der Waals surface area (Å²) in [7, 11) is 5.49. The maximum absolute atomic E-state index is 15.6. The number of imidazole rings is 1. The highest BCUT2D eigenvalue weighted by Crippen LogP contribution is 2.38. The first-order valence-electron chi connectivity index (χ1n) is 15.9. The summed E-state index contributed by atoms with van der Waals surface area (Å²) in [6.45, 7) is 5.40. The minimum absolute atomic E-state index is 0.0265. The Morgan fingerprint density at radius 2 is 1.62 bits per heavy atom. The Bertz CT molecular complexity index is 1820. The molecule has 1 aromatic heterocycles.